The van der Waals surface area contributed by atoms with E-state index in [0.717, 1.165) is 49.8 Å². The zero-order valence-corrected chi connectivity index (χ0v) is 28.7. The maximum absolute atomic E-state index is 14.7. The molecule has 43 heavy (non-hydrogen) atoms. The highest BCUT2D eigenvalue weighted by atomic mass is 35.5. The van der Waals surface area contributed by atoms with Crippen LogP contribution in [0.4, 0.5) is 0 Å². The molecule has 0 aliphatic heterocycles. The van der Waals surface area contributed by atoms with E-state index in [1.165, 1.54) is 7.11 Å². The van der Waals surface area contributed by atoms with Crippen molar-refractivity contribution in [1.29, 1.82) is 0 Å². The number of nitrogens with one attached hydrogen (secondary N) is 1. The van der Waals surface area contributed by atoms with E-state index in [2.05, 4.69) is 58.4 Å². The fourth-order valence-electron chi connectivity index (χ4n) is 7.43. The number of allylic oxidation sites excluding steroid dienone is 1. The van der Waals surface area contributed by atoms with Gasteiger partial charge in [-0.1, -0.05) is 54.5 Å². The third-order valence-corrected chi connectivity index (χ3v) is 10.1. The molecule has 240 valence electrons. The van der Waals surface area contributed by atoms with Gasteiger partial charge in [-0.2, -0.15) is 4.98 Å². The number of methoxy groups -OCH3 is 1. The predicted molar refractivity (Wildman–Crippen MR) is 173 cm³/mol. The van der Waals surface area contributed by atoms with Gasteiger partial charge in [-0.3, -0.25) is 4.98 Å². The summed E-state index contributed by atoms with van der Waals surface area (Å²) >= 11 is 6.53. The van der Waals surface area contributed by atoms with Crippen molar-refractivity contribution >= 4 is 23.2 Å². The van der Waals surface area contributed by atoms with Crippen LogP contribution in [0.5, 0.6) is 6.01 Å². The minimum absolute atomic E-state index is 0.0473. The highest BCUT2D eigenvalue weighted by Gasteiger charge is 2.48. The van der Waals surface area contributed by atoms with Gasteiger partial charge in [-0.25, -0.2) is 14.0 Å². The summed E-state index contributed by atoms with van der Waals surface area (Å²) in [5.74, 6) is 0.602. The van der Waals surface area contributed by atoms with Gasteiger partial charge in [0, 0.05) is 43.4 Å². The van der Waals surface area contributed by atoms with Crippen molar-refractivity contribution in [2.45, 2.75) is 111 Å². The standard InChI is InChI=1S/C34H53ClN4O4/c1-20-18-23(33(2,3)4)28(24(19-20)34(5,6)7)43-30(40)27-26(21-13-15-22(35)16-14-21)25(12-11-17-38(8)9)39-29(27)36-31(42-10)37-32(39)41/h11,17,20-24,28H,12-16,18-19H2,1-10H3,(H,36,37,41)/b17-11+. The number of hydrogen-bond acceptors (Lipinski definition) is 6. The van der Waals surface area contributed by atoms with Crippen LogP contribution in [0.1, 0.15) is 115 Å². The molecule has 0 spiro atoms. The number of carbonyl (C=O) groups is 1. The number of fused-ring (bicyclic) bond motifs is 1. The molecule has 0 saturated heterocycles. The van der Waals surface area contributed by atoms with E-state index in [0.29, 0.717) is 23.5 Å². The van der Waals surface area contributed by atoms with Crippen LogP contribution in [-0.2, 0) is 11.2 Å². The molecule has 2 saturated carbocycles. The van der Waals surface area contributed by atoms with Gasteiger partial charge in [0.1, 0.15) is 11.7 Å². The zero-order valence-electron chi connectivity index (χ0n) is 27.9. The molecule has 2 unspecified atom stereocenters. The zero-order chi connectivity index (χ0) is 31.9. The Kier molecular flexibility index (Phi) is 9.99. The Morgan fingerprint density at radius 3 is 2.16 bits per heavy atom. The summed E-state index contributed by atoms with van der Waals surface area (Å²) in [5.41, 5.74) is 1.86. The van der Waals surface area contributed by atoms with Crippen molar-refractivity contribution in [2.24, 2.45) is 28.6 Å². The molecule has 1 N–H and O–H groups in total. The maximum Gasteiger partial charge on any atom is 0.342 e. The van der Waals surface area contributed by atoms with Crippen LogP contribution in [0.15, 0.2) is 17.1 Å². The number of ether oxygens (including phenoxy) is 2. The summed E-state index contributed by atoms with van der Waals surface area (Å²) in [6.07, 6.45) is 9.58. The lowest BCUT2D eigenvalue weighted by molar-refractivity contribution is -0.0923. The second-order valence-electron chi connectivity index (χ2n) is 15.3. The molecule has 2 fully saturated rings. The molecule has 9 heteroatoms. The van der Waals surface area contributed by atoms with E-state index < -0.39 is 5.97 Å². The summed E-state index contributed by atoms with van der Waals surface area (Å²) in [7, 11) is 5.38. The van der Waals surface area contributed by atoms with Crippen molar-refractivity contribution in [2.75, 3.05) is 21.2 Å². The van der Waals surface area contributed by atoms with Gasteiger partial charge in [-0.15, -0.1) is 11.6 Å². The molecule has 8 nitrogen and oxygen atoms in total. The van der Waals surface area contributed by atoms with E-state index in [9.17, 15) is 9.59 Å². The van der Waals surface area contributed by atoms with Gasteiger partial charge in [0.15, 0.2) is 5.65 Å². The molecular weight excluding hydrogens is 564 g/mol. The number of nitrogens with zero attached hydrogens (tertiary/aromatic N) is 3. The number of alkyl halides is 1. The summed E-state index contributed by atoms with van der Waals surface area (Å²) in [6.45, 7) is 15.8. The number of hydrogen-bond donors (Lipinski definition) is 1. The van der Waals surface area contributed by atoms with E-state index in [1.807, 2.05) is 31.3 Å². The van der Waals surface area contributed by atoms with Crippen molar-refractivity contribution in [3.63, 3.8) is 0 Å². The number of aromatic nitrogens is 3. The van der Waals surface area contributed by atoms with Gasteiger partial charge >= 0.3 is 11.7 Å². The van der Waals surface area contributed by atoms with Crippen molar-refractivity contribution < 1.29 is 14.3 Å². The molecule has 2 atom stereocenters. The van der Waals surface area contributed by atoms with E-state index in [-0.39, 0.29) is 51.8 Å². The minimum Gasteiger partial charge on any atom is -0.468 e. The highest BCUT2D eigenvalue weighted by molar-refractivity contribution is 6.20. The highest BCUT2D eigenvalue weighted by Crippen LogP contribution is 2.50. The topological polar surface area (TPSA) is 88.9 Å². The molecule has 2 aliphatic rings. The summed E-state index contributed by atoms with van der Waals surface area (Å²) in [6, 6.07) is 0.0714. The quantitative estimate of drug-likeness (QED) is 0.261. The first-order chi connectivity index (χ1) is 20.0. The number of H-pyrrole nitrogens is 1. The van der Waals surface area contributed by atoms with E-state index in [4.69, 9.17) is 21.1 Å². The first-order valence-electron chi connectivity index (χ1n) is 15.9. The first kappa shape index (κ1) is 33.4. The Hall–Kier alpha value is -2.48. The lowest BCUT2D eigenvalue weighted by atomic mass is 9.59. The Morgan fingerprint density at radius 2 is 1.65 bits per heavy atom. The van der Waals surface area contributed by atoms with Gasteiger partial charge in [-0.05, 0) is 73.0 Å². The van der Waals surface area contributed by atoms with Crippen LogP contribution in [0.25, 0.3) is 5.65 Å². The summed E-state index contributed by atoms with van der Waals surface area (Å²) in [5, 5.41) is 0.117. The van der Waals surface area contributed by atoms with Gasteiger partial charge < -0.3 is 14.4 Å². The smallest absolute Gasteiger partial charge is 0.342 e. The normalized spacial score (nSPS) is 27.0. The van der Waals surface area contributed by atoms with Crippen LogP contribution in [-0.4, -0.2) is 57.9 Å². The molecule has 0 radical (unpaired) electrons. The molecule has 2 heterocycles. The molecule has 2 aliphatic carbocycles. The SMILES string of the molecule is COc1nc2c(C(=O)OC3C(C(C)(C)C)CC(C)CC3C(C)(C)C)c(C3CCC(Cl)CC3)c(C/C=C/N(C)C)n2c(=O)[nH]1. The fraction of sp³-hybridized carbons (Fsp3) is 0.735. The summed E-state index contributed by atoms with van der Waals surface area (Å²) in [4.78, 5) is 37.6. The summed E-state index contributed by atoms with van der Waals surface area (Å²) < 4.78 is 13.7. The molecule has 0 aromatic carbocycles. The average Bonchev–Trinajstić information content (AvgIpc) is 3.23. The molecule has 2 aromatic heterocycles. The van der Waals surface area contributed by atoms with Crippen LogP contribution >= 0.6 is 11.6 Å². The first-order valence-corrected chi connectivity index (χ1v) is 16.4. The minimum atomic E-state index is -0.397. The monoisotopic (exact) mass is 616 g/mol. The third-order valence-electron chi connectivity index (χ3n) is 9.66. The number of rotatable bonds is 7. The lowest BCUT2D eigenvalue weighted by Gasteiger charge is -2.50. The Bertz CT molecular complexity index is 1350. The van der Waals surface area contributed by atoms with Crippen molar-refractivity contribution in [3.8, 4) is 6.01 Å². The van der Waals surface area contributed by atoms with Crippen LogP contribution in [0.3, 0.4) is 0 Å². The third kappa shape index (κ3) is 7.26. The van der Waals surface area contributed by atoms with Crippen molar-refractivity contribution in [3.05, 3.63) is 39.6 Å². The number of carbonyl (C=O) groups excluding carboxylic acids is 1. The molecule has 0 amide bonds. The molecule has 0 bridgehead atoms. The van der Waals surface area contributed by atoms with E-state index >= 15 is 0 Å². The Balaban J connectivity index is 1.93. The lowest BCUT2D eigenvalue weighted by Crippen LogP contribution is -2.49. The van der Waals surface area contributed by atoms with Gasteiger partial charge in [0.2, 0.25) is 0 Å². The number of halogens is 1. The second-order valence-corrected chi connectivity index (χ2v) is 16.0. The van der Waals surface area contributed by atoms with Gasteiger partial charge in [0.25, 0.3) is 6.01 Å². The van der Waals surface area contributed by atoms with Crippen molar-refractivity contribution in [1.82, 2.24) is 19.3 Å². The fourth-order valence-corrected chi connectivity index (χ4v) is 7.68. The number of esters is 1. The Morgan fingerprint density at radius 1 is 1.07 bits per heavy atom. The molecule has 4 rings (SSSR count). The molecular formula is C34H53ClN4O4. The number of aromatic amines is 1. The van der Waals surface area contributed by atoms with Gasteiger partial charge in [0.05, 0.1) is 7.11 Å². The largest absolute Gasteiger partial charge is 0.468 e. The average molecular weight is 617 g/mol. The molecule has 2 aromatic rings. The van der Waals surface area contributed by atoms with Crippen LogP contribution in [0.2, 0.25) is 0 Å². The maximum atomic E-state index is 14.7. The Labute approximate surface area is 262 Å². The van der Waals surface area contributed by atoms with Crippen LogP contribution in [0, 0.1) is 28.6 Å². The van der Waals surface area contributed by atoms with Crippen LogP contribution < -0.4 is 10.4 Å². The van der Waals surface area contributed by atoms with E-state index in [1.54, 1.807) is 4.40 Å². The predicted octanol–water partition coefficient (Wildman–Crippen LogP) is 7.19. The second kappa shape index (κ2) is 12.9.